The Morgan fingerprint density at radius 3 is 2.56 bits per heavy atom. The zero-order chi connectivity index (χ0) is 13.1. The first-order chi connectivity index (χ1) is 8.56. The Balaban J connectivity index is 2.07. The average molecular weight is 247 g/mol. The van der Waals surface area contributed by atoms with E-state index in [2.05, 4.69) is 67.3 Å². The van der Waals surface area contributed by atoms with E-state index in [-0.39, 0.29) is 0 Å². The molecule has 3 heteroatoms. The predicted octanol–water partition coefficient (Wildman–Crippen LogP) is 1.72. The molecule has 0 aliphatic carbocycles. The summed E-state index contributed by atoms with van der Waals surface area (Å²) in [4.78, 5) is 4.77. The third-order valence-electron chi connectivity index (χ3n) is 3.60. The highest BCUT2D eigenvalue weighted by Crippen LogP contribution is 2.20. The lowest BCUT2D eigenvalue weighted by Gasteiger charge is -2.41. The normalized spacial score (nSPS) is 24.6. The molecular formula is C15H25N3. The Labute approximate surface area is 111 Å². The molecule has 1 aromatic carbocycles. The van der Waals surface area contributed by atoms with E-state index in [9.17, 15) is 0 Å². The summed E-state index contributed by atoms with van der Waals surface area (Å²) in [7, 11) is 4.27. The first-order valence-electron chi connectivity index (χ1n) is 6.77. The minimum atomic E-state index is 0.553. The van der Waals surface area contributed by atoms with Crippen molar-refractivity contribution in [3.05, 3.63) is 29.8 Å². The minimum Gasteiger partial charge on any atom is -0.366 e. The minimum absolute atomic E-state index is 0.553. The smallest absolute Gasteiger partial charge is 0.0387 e. The molecule has 1 aromatic rings. The van der Waals surface area contributed by atoms with Crippen LogP contribution in [0.4, 0.5) is 5.69 Å². The lowest BCUT2D eigenvalue weighted by Crippen LogP contribution is -2.58. The van der Waals surface area contributed by atoms with Gasteiger partial charge >= 0.3 is 0 Å². The van der Waals surface area contributed by atoms with E-state index in [1.165, 1.54) is 11.3 Å². The SMILES string of the molecule is Cc1ccc(N2CC(CN(C)C)NCC2C)cc1. The molecule has 1 aliphatic rings. The van der Waals surface area contributed by atoms with Crippen molar-refractivity contribution in [3.63, 3.8) is 0 Å². The molecule has 0 aromatic heterocycles. The molecule has 1 aliphatic heterocycles. The summed E-state index contributed by atoms with van der Waals surface area (Å²) in [6.07, 6.45) is 0. The van der Waals surface area contributed by atoms with Crippen molar-refractivity contribution < 1.29 is 0 Å². The fourth-order valence-electron chi connectivity index (χ4n) is 2.59. The molecular weight excluding hydrogens is 222 g/mol. The summed E-state index contributed by atoms with van der Waals surface area (Å²) in [6.45, 7) is 7.67. The lowest BCUT2D eigenvalue weighted by atomic mass is 10.1. The van der Waals surface area contributed by atoms with Crippen LogP contribution < -0.4 is 10.2 Å². The number of piperazine rings is 1. The van der Waals surface area contributed by atoms with Crippen LogP contribution in [0.25, 0.3) is 0 Å². The fraction of sp³-hybridized carbons (Fsp3) is 0.600. The Bertz CT molecular complexity index is 372. The van der Waals surface area contributed by atoms with Gasteiger partial charge in [-0.1, -0.05) is 17.7 Å². The first kappa shape index (κ1) is 13.4. The van der Waals surface area contributed by atoms with Crippen LogP contribution in [0, 0.1) is 6.92 Å². The quantitative estimate of drug-likeness (QED) is 0.877. The third-order valence-corrected chi connectivity index (χ3v) is 3.60. The Morgan fingerprint density at radius 1 is 1.28 bits per heavy atom. The number of hydrogen-bond acceptors (Lipinski definition) is 3. The zero-order valence-corrected chi connectivity index (χ0v) is 12.0. The maximum atomic E-state index is 3.63. The van der Waals surface area contributed by atoms with Gasteiger partial charge in [0.2, 0.25) is 0 Å². The van der Waals surface area contributed by atoms with Crippen LogP contribution in [0.1, 0.15) is 12.5 Å². The summed E-state index contributed by atoms with van der Waals surface area (Å²) >= 11 is 0. The van der Waals surface area contributed by atoms with Gasteiger partial charge in [0.25, 0.3) is 0 Å². The van der Waals surface area contributed by atoms with Crippen molar-refractivity contribution in [2.75, 3.05) is 38.6 Å². The molecule has 0 spiro atoms. The molecule has 1 N–H and O–H groups in total. The molecule has 0 bridgehead atoms. The van der Waals surface area contributed by atoms with Gasteiger partial charge in [-0.3, -0.25) is 0 Å². The van der Waals surface area contributed by atoms with Crippen LogP contribution in [0.3, 0.4) is 0 Å². The second-order valence-electron chi connectivity index (χ2n) is 5.70. The van der Waals surface area contributed by atoms with Crippen molar-refractivity contribution in [1.82, 2.24) is 10.2 Å². The highest BCUT2D eigenvalue weighted by atomic mass is 15.2. The molecule has 2 unspecified atom stereocenters. The molecule has 3 nitrogen and oxygen atoms in total. The lowest BCUT2D eigenvalue weighted by molar-refractivity contribution is 0.307. The molecule has 1 fully saturated rings. The predicted molar refractivity (Wildman–Crippen MR) is 78.3 cm³/mol. The summed E-state index contributed by atoms with van der Waals surface area (Å²) in [5.74, 6) is 0. The van der Waals surface area contributed by atoms with Gasteiger partial charge < -0.3 is 15.1 Å². The van der Waals surface area contributed by atoms with Crippen molar-refractivity contribution >= 4 is 5.69 Å². The topological polar surface area (TPSA) is 18.5 Å². The van der Waals surface area contributed by atoms with Crippen molar-refractivity contribution in [2.45, 2.75) is 25.9 Å². The van der Waals surface area contributed by atoms with Crippen molar-refractivity contribution in [1.29, 1.82) is 0 Å². The molecule has 1 heterocycles. The third kappa shape index (κ3) is 3.24. The number of hydrogen-bond donors (Lipinski definition) is 1. The second kappa shape index (κ2) is 5.72. The van der Waals surface area contributed by atoms with Crippen LogP contribution in [-0.4, -0.2) is 50.7 Å². The monoisotopic (exact) mass is 247 g/mol. The van der Waals surface area contributed by atoms with Gasteiger partial charge in [0.15, 0.2) is 0 Å². The molecule has 0 amide bonds. The van der Waals surface area contributed by atoms with Crippen molar-refractivity contribution in [3.8, 4) is 0 Å². The molecule has 2 rings (SSSR count). The summed E-state index contributed by atoms with van der Waals surface area (Å²) in [5, 5.41) is 3.63. The van der Waals surface area contributed by atoms with Gasteiger partial charge in [0.1, 0.15) is 0 Å². The number of aryl methyl sites for hydroxylation is 1. The molecule has 0 radical (unpaired) electrons. The van der Waals surface area contributed by atoms with Crippen LogP contribution in [0.15, 0.2) is 24.3 Å². The van der Waals surface area contributed by atoms with Crippen molar-refractivity contribution in [2.24, 2.45) is 0 Å². The van der Waals surface area contributed by atoms with Gasteiger partial charge in [-0.05, 0) is 40.1 Å². The van der Waals surface area contributed by atoms with E-state index < -0.39 is 0 Å². The Hall–Kier alpha value is -1.06. The standard InChI is InChI=1S/C15H25N3/c1-12-5-7-15(8-6-12)18-11-14(10-17(3)4)16-9-13(18)2/h5-8,13-14,16H,9-11H2,1-4H3. The average Bonchev–Trinajstić information content (AvgIpc) is 2.32. The maximum Gasteiger partial charge on any atom is 0.0387 e. The van der Waals surface area contributed by atoms with Crippen LogP contribution in [0.5, 0.6) is 0 Å². The molecule has 100 valence electrons. The molecule has 2 atom stereocenters. The molecule has 0 saturated carbocycles. The van der Waals surface area contributed by atoms with Gasteiger partial charge in [-0.2, -0.15) is 0 Å². The number of anilines is 1. The van der Waals surface area contributed by atoms with Crippen LogP contribution in [-0.2, 0) is 0 Å². The number of nitrogens with zero attached hydrogens (tertiary/aromatic N) is 2. The Morgan fingerprint density at radius 2 is 1.94 bits per heavy atom. The summed E-state index contributed by atoms with van der Waals surface area (Å²) in [5.41, 5.74) is 2.67. The van der Waals surface area contributed by atoms with Crippen LogP contribution >= 0.6 is 0 Å². The molecule has 18 heavy (non-hydrogen) atoms. The summed E-state index contributed by atoms with van der Waals surface area (Å²) in [6, 6.07) is 9.99. The zero-order valence-electron chi connectivity index (χ0n) is 12.0. The fourth-order valence-corrected chi connectivity index (χ4v) is 2.59. The Kier molecular flexibility index (Phi) is 4.25. The van der Waals surface area contributed by atoms with Gasteiger partial charge in [-0.15, -0.1) is 0 Å². The first-order valence-corrected chi connectivity index (χ1v) is 6.77. The number of rotatable bonds is 3. The number of likely N-dealkylation sites (N-methyl/N-ethyl adjacent to an activating group) is 1. The van der Waals surface area contributed by atoms with E-state index in [4.69, 9.17) is 0 Å². The maximum absolute atomic E-state index is 3.63. The van der Waals surface area contributed by atoms with E-state index in [1.54, 1.807) is 0 Å². The highest BCUT2D eigenvalue weighted by molar-refractivity contribution is 5.49. The van der Waals surface area contributed by atoms with Gasteiger partial charge in [-0.25, -0.2) is 0 Å². The summed E-state index contributed by atoms with van der Waals surface area (Å²) < 4.78 is 0. The largest absolute Gasteiger partial charge is 0.366 e. The highest BCUT2D eigenvalue weighted by Gasteiger charge is 2.25. The van der Waals surface area contributed by atoms with E-state index in [0.717, 1.165) is 19.6 Å². The van der Waals surface area contributed by atoms with E-state index >= 15 is 0 Å². The van der Waals surface area contributed by atoms with E-state index in [1.807, 2.05) is 0 Å². The van der Waals surface area contributed by atoms with Gasteiger partial charge in [0.05, 0.1) is 0 Å². The second-order valence-corrected chi connectivity index (χ2v) is 5.70. The van der Waals surface area contributed by atoms with Gasteiger partial charge in [0, 0.05) is 37.4 Å². The number of nitrogens with one attached hydrogen (secondary N) is 1. The molecule has 1 saturated heterocycles. The van der Waals surface area contributed by atoms with Crippen LogP contribution in [0.2, 0.25) is 0 Å². The van der Waals surface area contributed by atoms with E-state index in [0.29, 0.717) is 12.1 Å². The number of benzene rings is 1.